The van der Waals surface area contributed by atoms with Gasteiger partial charge in [-0.05, 0) is 48.6 Å². The van der Waals surface area contributed by atoms with Crippen LogP contribution in [0.3, 0.4) is 0 Å². The van der Waals surface area contributed by atoms with E-state index in [1.165, 1.54) is 11.8 Å². The van der Waals surface area contributed by atoms with Crippen LogP contribution in [0.4, 0.5) is 0 Å². The molecule has 5 heteroatoms. The molecule has 30 heavy (non-hydrogen) atoms. The van der Waals surface area contributed by atoms with E-state index in [9.17, 15) is 9.59 Å². The summed E-state index contributed by atoms with van der Waals surface area (Å²) in [6.45, 7) is 6.60. The summed E-state index contributed by atoms with van der Waals surface area (Å²) in [4.78, 5) is 31.6. The third-order valence-electron chi connectivity index (χ3n) is 6.43. The highest BCUT2D eigenvalue weighted by Crippen LogP contribution is 2.20. The molecule has 158 valence electrons. The number of fused-ring (bicyclic) bond motifs is 1. The third-order valence-corrected chi connectivity index (χ3v) is 6.43. The second-order valence-corrected chi connectivity index (χ2v) is 8.32. The van der Waals surface area contributed by atoms with E-state index in [2.05, 4.69) is 23.1 Å². The Bertz CT molecular complexity index is 920. The number of rotatable bonds is 4. The van der Waals surface area contributed by atoms with Gasteiger partial charge in [0.2, 0.25) is 11.8 Å². The summed E-state index contributed by atoms with van der Waals surface area (Å²) < 4.78 is 0. The highest BCUT2D eigenvalue weighted by molar-refractivity contribution is 5.96. The van der Waals surface area contributed by atoms with E-state index in [1.54, 1.807) is 6.08 Å². The lowest BCUT2D eigenvalue weighted by Crippen LogP contribution is -2.55. The zero-order valence-corrected chi connectivity index (χ0v) is 17.8. The van der Waals surface area contributed by atoms with Crippen molar-refractivity contribution in [1.29, 1.82) is 0 Å². The van der Waals surface area contributed by atoms with Crippen molar-refractivity contribution < 1.29 is 9.59 Å². The lowest BCUT2D eigenvalue weighted by atomic mass is 10.0. The normalized spacial score (nSPS) is 19.4. The number of carbonyl (C=O) groups is 2. The summed E-state index contributed by atoms with van der Waals surface area (Å²) in [6.07, 6.45) is 7.05. The van der Waals surface area contributed by atoms with Crippen molar-refractivity contribution in [2.24, 2.45) is 0 Å². The Balaban J connectivity index is 1.33. The molecule has 2 aliphatic heterocycles. The Morgan fingerprint density at radius 2 is 1.53 bits per heavy atom. The van der Waals surface area contributed by atoms with Crippen molar-refractivity contribution in [2.75, 3.05) is 39.3 Å². The van der Waals surface area contributed by atoms with Gasteiger partial charge in [0.05, 0.1) is 6.04 Å². The summed E-state index contributed by atoms with van der Waals surface area (Å²) in [5.74, 6) is 0.280. The molecule has 0 spiro atoms. The van der Waals surface area contributed by atoms with Crippen LogP contribution in [0.1, 0.15) is 31.7 Å². The Morgan fingerprint density at radius 1 is 0.833 bits per heavy atom. The molecule has 2 aromatic rings. The zero-order valence-electron chi connectivity index (χ0n) is 17.8. The molecule has 2 saturated heterocycles. The third kappa shape index (κ3) is 4.57. The Morgan fingerprint density at radius 3 is 2.30 bits per heavy atom. The topological polar surface area (TPSA) is 43.9 Å². The molecular formula is C25H31N3O2. The SMILES string of the molecule is CC(C(=O)N1CCCCC1)N1CCN(C(=O)/C=C/c2cccc3ccccc23)CC1. The van der Waals surface area contributed by atoms with E-state index < -0.39 is 0 Å². The Hall–Kier alpha value is -2.66. The lowest BCUT2D eigenvalue weighted by molar-refractivity contribution is -0.138. The maximum absolute atomic E-state index is 12.8. The van der Waals surface area contributed by atoms with Crippen LogP contribution in [0.15, 0.2) is 48.5 Å². The number of amides is 2. The van der Waals surface area contributed by atoms with Crippen molar-refractivity contribution >= 4 is 28.7 Å². The van der Waals surface area contributed by atoms with Gasteiger partial charge in [0, 0.05) is 45.3 Å². The molecule has 0 saturated carbocycles. The van der Waals surface area contributed by atoms with Gasteiger partial charge in [0.15, 0.2) is 0 Å². The summed E-state index contributed by atoms with van der Waals surface area (Å²) in [7, 11) is 0. The van der Waals surface area contributed by atoms with Crippen LogP contribution in [0.2, 0.25) is 0 Å². The van der Waals surface area contributed by atoms with Crippen LogP contribution in [0.25, 0.3) is 16.8 Å². The molecule has 4 rings (SSSR count). The first-order valence-corrected chi connectivity index (χ1v) is 11.1. The molecule has 1 unspecified atom stereocenters. The minimum Gasteiger partial charge on any atom is -0.341 e. The fourth-order valence-electron chi connectivity index (χ4n) is 4.53. The predicted molar refractivity (Wildman–Crippen MR) is 121 cm³/mol. The molecule has 0 aliphatic carbocycles. The average Bonchev–Trinajstić information content (AvgIpc) is 2.82. The average molecular weight is 406 g/mol. The lowest BCUT2D eigenvalue weighted by Gasteiger charge is -2.39. The van der Waals surface area contributed by atoms with Gasteiger partial charge in [-0.3, -0.25) is 14.5 Å². The first kappa shape index (κ1) is 20.6. The summed E-state index contributed by atoms with van der Waals surface area (Å²) in [5.41, 5.74) is 1.06. The van der Waals surface area contributed by atoms with Crippen LogP contribution in [-0.2, 0) is 9.59 Å². The van der Waals surface area contributed by atoms with Gasteiger partial charge in [-0.25, -0.2) is 0 Å². The van der Waals surface area contributed by atoms with Crippen molar-refractivity contribution in [3.05, 3.63) is 54.1 Å². The highest BCUT2D eigenvalue weighted by Gasteiger charge is 2.30. The molecule has 2 amide bonds. The standard InChI is InChI=1S/C25H31N3O2/c1-20(25(30)28-14-5-2-6-15-28)26-16-18-27(19-17-26)24(29)13-12-22-10-7-9-21-8-3-4-11-23(21)22/h3-4,7-13,20H,2,5-6,14-19H2,1H3/b13-12+. The van der Waals surface area contributed by atoms with Crippen LogP contribution >= 0.6 is 0 Å². The number of hydrogen-bond acceptors (Lipinski definition) is 3. The highest BCUT2D eigenvalue weighted by atomic mass is 16.2. The minimum absolute atomic E-state index is 0.0394. The van der Waals surface area contributed by atoms with E-state index in [1.807, 2.05) is 47.1 Å². The number of piperidine rings is 1. The number of piperazine rings is 1. The monoisotopic (exact) mass is 405 g/mol. The maximum Gasteiger partial charge on any atom is 0.246 e. The molecule has 1 atom stereocenters. The molecule has 0 N–H and O–H groups in total. The molecule has 0 radical (unpaired) electrons. The van der Waals surface area contributed by atoms with Gasteiger partial charge in [-0.1, -0.05) is 42.5 Å². The Kier molecular flexibility index (Phi) is 6.48. The predicted octanol–water partition coefficient (Wildman–Crippen LogP) is 3.40. The van der Waals surface area contributed by atoms with Crippen LogP contribution in [0, 0.1) is 0 Å². The molecule has 0 aromatic heterocycles. The number of likely N-dealkylation sites (tertiary alicyclic amines) is 1. The summed E-state index contributed by atoms with van der Waals surface area (Å²) >= 11 is 0. The van der Waals surface area contributed by atoms with Gasteiger partial charge in [0.1, 0.15) is 0 Å². The van der Waals surface area contributed by atoms with Crippen LogP contribution in [0.5, 0.6) is 0 Å². The van der Waals surface area contributed by atoms with Gasteiger partial charge in [-0.2, -0.15) is 0 Å². The molecule has 2 aliphatic rings. The summed E-state index contributed by atoms with van der Waals surface area (Å²) in [6, 6.07) is 14.2. The molecule has 2 aromatic carbocycles. The fraction of sp³-hybridized carbons (Fsp3) is 0.440. The largest absolute Gasteiger partial charge is 0.341 e. The van der Waals surface area contributed by atoms with Crippen molar-refractivity contribution in [2.45, 2.75) is 32.2 Å². The molecular weight excluding hydrogens is 374 g/mol. The van der Waals surface area contributed by atoms with Crippen molar-refractivity contribution in [3.63, 3.8) is 0 Å². The minimum atomic E-state index is -0.105. The molecule has 5 nitrogen and oxygen atoms in total. The quantitative estimate of drug-likeness (QED) is 0.733. The first-order chi connectivity index (χ1) is 14.6. The van der Waals surface area contributed by atoms with Crippen LogP contribution < -0.4 is 0 Å². The van der Waals surface area contributed by atoms with Crippen LogP contribution in [-0.4, -0.2) is 71.8 Å². The van der Waals surface area contributed by atoms with E-state index >= 15 is 0 Å². The zero-order chi connectivity index (χ0) is 20.9. The number of nitrogens with zero attached hydrogens (tertiary/aromatic N) is 3. The van der Waals surface area contributed by atoms with E-state index in [-0.39, 0.29) is 17.9 Å². The smallest absolute Gasteiger partial charge is 0.246 e. The number of benzene rings is 2. The van der Waals surface area contributed by atoms with E-state index in [0.29, 0.717) is 13.1 Å². The summed E-state index contributed by atoms with van der Waals surface area (Å²) in [5, 5.41) is 2.33. The van der Waals surface area contributed by atoms with E-state index in [4.69, 9.17) is 0 Å². The van der Waals surface area contributed by atoms with E-state index in [0.717, 1.165) is 50.0 Å². The van der Waals surface area contributed by atoms with Crippen molar-refractivity contribution in [1.82, 2.24) is 14.7 Å². The van der Waals surface area contributed by atoms with Crippen molar-refractivity contribution in [3.8, 4) is 0 Å². The maximum atomic E-state index is 12.8. The van der Waals surface area contributed by atoms with Gasteiger partial charge in [0.25, 0.3) is 0 Å². The number of hydrogen-bond donors (Lipinski definition) is 0. The first-order valence-electron chi connectivity index (χ1n) is 11.1. The second-order valence-electron chi connectivity index (χ2n) is 8.32. The van der Waals surface area contributed by atoms with Gasteiger partial charge in [-0.15, -0.1) is 0 Å². The molecule has 2 fully saturated rings. The molecule has 2 heterocycles. The van der Waals surface area contributed by atoms with Gasteiger partial charge < -0.3 is 9.80 Å². The Labute approximate surface area is 178 Å². The molecule has 0 bridgehead atoms. The van der Waals surface area contributed by atoms with Gasteiger partial charge >= 0.3 is 0 Å². The second kappa shape index (κ2) is 9.43. The fourth-order valence-corrected chi connectivity index (χ4v) is 4.53. The number of carbonyl (C=O) groups excluding carboxylic acids is 2.